The van der Waals surface area contributed by atoms with Crippen molar-refractivity contribution in [2.24, 2.45) is 0 Å². The van der Waals surface area contributed by atoms with Crippen LogP contribution < -0.4 is 10.1 Å². The van der Waals surface area contributed by atoms with Crippen LogP contribution in [-0.4, -0.2) is 19.7 Å². The molecule has 1 unspecified atom stereocenters. The van der Waals surface area contributed by atoms with Gasteiger partial charge in [-0.2, -0.15) is 0 Å². The van der Waals surface area contributed by atoms with E-state index in [4.69, 9.17) is 4.74 Å². The Balaban J connectivity index is 2.50. The molecule has 1 atom stereocenters. The fraction of sp³-hybridized carbons (Fsp3) is 0.625. The number of hydrogen-bond donors (Lipinski definition) is 1. The van der Waals surface area contributed by atoms with Gasteiger partial charge in [0.1, 0.15) is 5.75 Å². The molecule has 0 aliphatic rings. The van der Waals surface area contributed by atoms with Gasteiger partial charge in [0.05, 0.1) is 11.6 Å². The molecule has 1 aromatic carbocycles. The Morgan fingerprint density at radius 3 is 2.58 bits per heavy atom. The molecule has 3 heteroatoms. The monoisotopic (exact) mass is 327 g/mol. The zero-order valence-corrected chi connectivity index (χ0v) is 13.9. The smallest absolute Gasteiger partial charge is 0.133 e. The summed E-state index contributed by atoms with van der Waals surface area (Å²) in [5, 5.41) is 3.64. The molecule has 1 N–H and O–H groups in total. The topological polar surface area (TPSA) is 21.3 Å². The molecule has 0 aliphatic heterocycles. The van der Waals surface area contributed by atoms with Gasteiger partial charge in [-0.05, 0) is 65.9 Å². The summed E-state index contributed by atoms with van der Waals surface area (Å²) >= 11 is 3.55. The zero-order chi connectivity index (χ0) is 14.1. The molecule has 0 radical (unpaired) electrons. The van der Waals surface area contributed by atoms with Gasteiger partial charge >= 0.3 is 0 Å². The molecule has 0 aromatic heterocycles. The van der Waals surface area contributed by atoms with Gasteiger partial charge < -0.3 is 10.1 Å². The molecule has 1 aromatic rings. The summed E-state index contributed by atoms with van der Waals surface area (Å²) in [4.78, 5) is 0. The van der Waals surface area contributed by atoms with E-state index in [0.29, 0.717) is 6.04 Å². The van der Waals surface area contributed by atoms with Crippen molar-refractivity contribution in [2.45, 2.75) is 52.0 Å². The number of rotatable bonds is 9. The first-order chi connectivity index (χ1) is 9.21. The van der Waals surface area contributed by atoms with Gasteiger partial charge in [0.15, 0.2) is 0 Å². The van der Waals surface area contributed by atoms with Gasteiger partial charge in [0, 0.05) is 6.04 Å². The lowest BCUT2D eigenvalue weighted by atomic mass is 10.0. The molecule has 0 bridgehead atoms. The van der Waals surface area contributed by atoms with Crippen molar-refractivity contribution in [3.63, 3.8) is 0 Å². The van der Waals surface area contributed by atoms with Crippen molar-refractivity contribution in [3.8, 4) is 5.75 Å². The van der Waals surface area contributed by atoms with Gasteiger partial charge in [-0.15, -0.1) is 0 Å². The van der Waals surface area contributed by atoms with Gasteiger partial charge in [0.2, 0.25) is 0 Å². The summed E-state index contributed by atoms with van der Waals surface area (Å²) in [6.45, 7) is 5.60. The second-order valence-corrected chi connectivity index (χ2v) is 5.80. The highest BCUT2D eigenvalue weighted by molar-refractivity contribution is 9.10. The van der Waals surface area contributed by atoms with E-state index >= 15 is 0 Å². The fourth-order valence-electron chi connectivity index (χ4n) is 2.25. The van der Waals surface area contributed by atoms with Crippen LogP contribution in [0.15, 0.2) is 22.7 Å². The Labute approximate surface area is 126 Å². The SMILES string of the molecule is CCCNC(CCC)CCc1ccc(OC)c(Br)c1. The number of methoxy groups -OCH3 is 1. The maximum Gasteiger partial charge on any atom is 0.133 e. The maximum atomic E-state index is 5.26. The Morgan fingerprint density at radius 1 is 1.21 bits per heavy atom. The van der Waals surface area contributed by atoms with Gasteiger partial charge in [-0.1, -0.05) is 26.3 Å². The van der Waals surface area contributed by atoms with E-state index in [9.17, 15) is 0 Å². The normalized spacial score (nSPS) is 12.4. The number of hydrogen-bond acceptors (Lipinski definition) is 2. The second kappa shape index (κ2) is 9.38. The van der Waals surface area contributed by atoms with Crippen LogP contribution in [0.4, 0.5) is 0 Å². The van der Waals surface area contributed by atoms with Crippen molar-refractivity contribution in [1.29, 1.82) is 0 Å². The third-order valence-electron chi connectivity index (χ3n) is 3.32. The standard InChI is InChI=1S/C16H26BrNO/c1-4-6-14(18-11-5-2)9-7-13-8-10-16(19-3)15(17)12-13/h8,10,12,14,18H,4-7,9,11H2,1-3H3. The average molecular weight is 328 g/mol. The number of aryl methyl sites for hydroxylation is 1. The zero-order valence-electron chi connectivity index (χ0n) is 12.3. The minimum absolute atomic E-state index is 0.644. The molecule has 0 saturated carbocycles. The lowest BCUT2D eigenvalue weighted by Crippen LogP contribution is -2.30. The number of ether oxygens (including phenoxy) is 1. The van der Waals surface area contributed by atoms with Crippen LogP contribution >= 0.6 is 15.9 Å². The van der Waals surface area contributed by atoms with Crippen LogP contribution in [-0.2, 0) is 6.42 Å². The Morgan fingerprint density at radius 2 is 2.00 bits per heavy atom. The van der Waals surface area contributed by atoms with E-state index in [1.54, 1.807) is 7.11 Å². The summed E-state index contributed by atoms with van der Waals surface area (Å²) in [5.41, 5.74) is 1.37. The summed E-state index contributed by atoms with van der Waals surface area (Å²) in [6, 6.07) is 7.01. The Kier molecular flexibility index (Phi) is 8.15. The van der Waals surface area contributed by atoms with Crippen molar-refractivity contribution in [3.05, 3.63) is 28.2 Å². The predicted octanol–water partition coefficient (Wildman–Crippen LogP) is 4.56. The molecule has 19 heavy (non-hydrogen) atoms. The van der Waals surface area contributed by atoms with E-state index in [1.165, 1.54) is 31.2 Å². The van der Waals surface area contributed by atoms with Crippen molar-refractivity contribution in [1.82, 2.24) is 5.32 Å². The Hall–Kier alpha value is -0.540. The third kappa shape index (κ3) is 5.96. The molecule has 0 spiro atoms. The number of nitrogens with one attached hydrogen (secondary N) is 1. The van der Waals surface area contributed by atoms with Crippen LogP contribution in [0, 0.1) is 0 Å². The average Bonchev–Trinajstić information content (AvgIpc) is 2.42. The molecule has 0 saturated heterocycles. The largest absolute Gasteiger partial charge is 0.496 e. The highest BCUT2D eigenvalue weighted by Crippen LogP contribution is 2.26. The molecule has 2 nitrogen and oxygen atoms in total. The van der Waals surface area contributed by atoms with E-state index in [1.807, 2.05) is 6.07 Å². The van der Waals surface area contributed by atoms with Crippen LogP contribution in [0.3, 0.4) is 0 Å². The quantitative estimate of drug-likeness (QED) is 0.717. The van der Waals surface area contributed by atoms with E-state index in [2.05, 4.69) is 47.2 Å². The van der Waals surface area contributed by atoms with Crippen molar-refractivity contribution in [2.75, 3.05) is 13.7 Å². The second-order valence-electron chi connectivity index (χ2n) is 4.95. The minimum atomic E-state index is 0.644. The molecule has 0 fully saturated rings. The van der Waals surface area contributed by atoms with E-state index in [0.717, 1.165) is 23.2 Å². The molecular formula is C16H26BrNO. The molecule has 1 rings (SSSR count). The van der Waals surface area contributed by atoms with E-state index in [-0.39, 0.29) is 0 Å². The first kappa shape index (κ1) is 16.5. The first-order valence-corrected chi connectivity index (χ1v) is 8.06. The molecule has 0 heterocycles. The number of halogens is 1. The molecule has 108 valence electrons. The van der Waals surface area contributed by atoms with Gasteiger partial charge in [0.25, 0.3) is 0 Å². The molecule has 0 aliphatic carbocycles. The van der Waals surface area contributed by atoms with Crippen LogP contribution in [0.2, 0.25) is 0 Å². The maximum absolute atomic E-state index is 5.26. The summed E-state index contributed by atoms with van der Waals surface area (Å²) in [5.74, 6) is 0.901. The minimum Gasteiger partial charge on any atom is -0.496 e. The highest BCUT2D eigenvalue weighted by Gasteiger charge is 2.08. The summed E-state index contributed by atoms with van der Waals surface area (Å²) < 4.78 is 6.30. The van der Waals surface area contributed by atoms with Gasteiger partial charge in [-0.3, -0.25) is 0 Å². The predicted molar refractivity (Wildman–Crippen MR) is 86.0 cm³/mol. The number of benzene rings is 1. The van der Waals surface area contributed by atoms with Crippen LogP contribution in [0.25, 0.3) is 0 Å². The van der Waals surface area contributed by atoms with Crippen LogP contribution in [0.5, 0.6) is 5.75 Å². The first-order valence-electron chi connectivity index (χ1n) is 7.27. The molecule has 0 amide bonds. The summed E-state index contributed by atoms with van der Waals surface area (Å²) in [7, 11) is 1.70. The fourth-order valence-corrected chi connectivity index (χ4v) is 2.84. The van der Waals surface area contributed by atoms with Crippen LogP contribution in [0.1, 0.15) is 45.1 Å². The lowest BCUT2D eigenvalue weighted by Gasteiger charge is -2.18. The highest BCUT2D eigenvalue weighted by atomic mass is 79.9. The molecular weight excluding hydrogens is 302 g/mol. The Bertz CT molecular complexity index is 368. The van der Waals surface area contributed by atoms with E-state index < -0.39 is 0 Å². The van der Waals surface area contributed by atoms with Gasteiger partial charge in [-0.25, -0.2) is 0 Å². The lowest BCUT2D eigenvalue weighted by molar-refractivity contribution is 0.411. The van der Waals surface area contributed by atoms with Crippen molar-refractivity contribution < 1.29 is 4.74 Å². The third-order valence-corrected chi connectivity index (χ3v) is 3.94. The summed E-state index contributed by atoms with van der Waals surface area (Å²) in [6.07, 6.45) is 6.02. The van der Waals surface area contributed by atoms with Crippen molar-refractivity contribution >= 4 is 15.9 Å².